The molecule has 9 heteroatoms. The molecule has 20 heavy (non-hydrogen) atoms. The number of pyridine rings is 1. The molecule has 2 rings (SSSR count). The summed E-state index contributed by atoms with van der Waals surface area (Å²) in [4.78, 5) is 38.1. The maximum absolute atomic E-state index is 12.2. The predicted molar refractivity (Wildman–Crippen MR) is 71.9 cm³/mol. The molecule has 0 radical (unpaired) electrons. The molecule has 8 nitrogen and oxygen atoms in total. The van der Waals surface area contributed by atoms with E-state index >= 15 is 0 Å². The fraction of sp³-hybridized carbons (Fsp3) is 0.364. The molecule has 2 heterocycles. The van der Waals surface area contributed by atoms with Crippen molar-refractivity contribution in [1.29, 1.82) is 0 Å². The van der Waals surface area contributed by atoms with Crippen LogP contribution in [-0.4, -0.2) is 26.4 Å². The average Bonchev–Trinajstić information content (AvgIpc) is 2.75. The number of rotatable bonds is 4. The summed E-state index contributed by atoms with van der Waals surface area (Å²) >= 11 is 0.976. The van der Waals surface area contributed by atoms with Crippen LogP contribution in [-0.2, 0) is 9.53 Å². The molecular formula is C11H11N3O5S. The van der Waals surface area contributed by atoms with E-state index < -0.39 is 22.5 Å². The van der Waals surface area contributed by atoms with Crippen LogP contribution in [0.15, 0.2) is 17.1 Å². The minimum atomic E-state index is -0.791. The van der Waals surface area contributed by atoms with E-state index in [1.165, 1.54) is 10.9 Å². The highest BCUT2D eigenvalue weighted by Crippen LogP contribution is 2.22. The zero-order valence-corrected chi connectivity index (χ0v) is 11.5. The lowest BCUT2D eigenvalue weighted by Crippen LogP contribution is -2.25. The van der Waals surface area contributed by atoms with Crippen molar-refractivity contribution in [1.82, 2.24) is 8.94 Å². The standard InChI is InChI=1S/C11H11N3O5S/c1-3-19-11(16)6(2)13-10(15)8-4-7(14(17)18)5-12-9(8)20-13/h4-6H,3H2,1-2H3. The van der Waals surface area contributed by atoms with Gasteiger partial charge in [-0.05, 0) is 25.4 Å². The first-order valence-corrected chi connectivity index (χ1v) is 6.55. The monoisotopic (exact) mass is 297 g/mol. The van der Waals surface area contributed by atoms with E-state index in [0.717, 1.165) is 23.8 Å². The largest absolute Gasteiger partial charge is 0.464 e. The molecule has 0 aliphatic rings. The van der Waals surface area contributed by atoms with Crippen molar-refractivity contribution in [2.24, 2.45) is 0 Å². The van der Waals surface area contributed by atoms with Crippen LogP contribution in [0.25, 0.3) is 10.2 Å². The number of ether oxygens (including phenoxy) is 1. The third kappa shape index (κ3) is 2.39. The maximum Gasteiger partial charge on any atom is 0.329 e. The van der Waals surface area contributed by atoms with Gasteiger partial charge in [-0.3, -0.25) is 14.9 Å². The van der Waals surface area contributed by atoms with Crippen molar-refractivity contribution >= 4 is 33.4 Å². The molecule has 0 bridgehead atoms. The number of esters is 1. The van der Waals surface area contributed by atoms with Crippen LogP contribution in [0, 0.1) is 10.1 Å². The maximum atomic E-state index is 12.2. The fourth-order valence-electron chi connectivity index (χ4n) is 1.63. The topological polar surface area (TPSA) is 104 Å². The Balaban J connectivity index is 2.51. The molecule has 0 fully saturated rings. The summed E-state index contributed by atoms with van der Waals surface area (Å²) in [5, 5.41) is 10.8. The van der Waals surface area contributed by atoms with Gasteiger partial charge in [-0.2, -0.15) is 0 Å². The third-order valence-corrected chi connectivity index (χ3v) is 3.82. The molecule has 0 saturated carbocycles. The number of nitro groups is 1. The number of hydrogen-bond acceptors (Lipinski definition) is 7. The van der Waals surface area contributed by atoms with Crippen molar-refractivity contribution < 1.29 is 14.5 Å². The summed E-state index contributed by atoms with van der Waals surface area (Å²) in [7, 11) is 0. The van der Waals surface area contributed by atoms with Crippen molar-refractivity contribution in [2.45, 2.75) is 19.9 Å². The molecule has 1 atom stereocenters. The van der Waals surface area contributed by atoms with E-state index in [-0.39, 0.29) is 17.7 Å². The molecule has 2 aromatic rings. The summed E-state index contributed by atoms with van der Waals surface area (Å²) in [6.45, 7) is 3.42. The van der Waals surface area contributed by atoms with E-state index in [2.05, 4.69) is 4.98 Å². The van der Waals surface area contributed by atoms with E-state index in [0.29, 0.717) is 4.83 Å². The quantitative estimate of drug-likeness (QED) is 0.481. The number of carbonyl (C=O) groups excluding carboxylic acids is 1. The number of aromatic nitrogens is 2. The van der Waals surface area contributed by atoms with Crippen molar-refractivity contribution in [3.63, 3.8) is 0 Å². The molecule has 0 amide bonds. The highest BCUT2D eigenvalue weighted by molar-refractivity contribution is 7.13. The van der Waals surface area contributed by atoms with Gasteiger partial charge in [0.1, 0.15) is 17.1 Å². The Morgan fingerprint density at radius 2 is 2.35 bits per heavy atom. The van der Waals surface area contributed by atoms with Gasteiger partial charge < -0.3 is 4.74 Å². The lowest BCUT2D eigenvalue weighted by atomic mass is 10.3. The number of fused-ring (bicyclic) bond motifs is 1. The highest BCUT2D eigenvalue weighted by Gasteiger charge is 2.22. The molecule has 0 aliphatic heterocycles. The van der Waals surface area contributed by atoms with Crippen molar-refractivity contribution in [3.8, 4) is 0 Å². The van der Waals surface area contributed by atoms with Crippen LogP contribution in [0.1, 0.15) is 19.9 Å². The first-order chi connectivity index (χ1) is 9.45. The third-order valence-electron chi connectivity index (χ3n) is 2.64. The SMILES string of the molecule is CCOC(=O)C(C)n1sc2ncc([N+](=O)[O-])cc2c1=O. The zero-order valence-electron chi connectivity index (χ0n) is 10.7. The van der Waals surface area contributed by atoms with Crippen LogP contribution >= 0.6 is 11.5 Å². The molecule has 106 valence electrons. The van der Waals surface area contributed by atoms with Crippen LogP contribution in [0.4, 0.5) is 5.69 Å². The minimum Gasteiger partial charge on any atom is -0.464 e. The van der Waals surface area contributed by atoms with E-state index in [9.17, 15) is 19.7 Å². The fourth-order valence-corrected chi connectivity index (χ4v) is 2.59. The van der Waals surface area contributed by atoms with E-state index in [4.69, 9.17) is 4.74 Å². The first-order valence-electron chi connectivity index (χ1n) is 5.78. The zero-order chi connectivity index (χ0) is 14.9. The van der Waals surface area contributed by atoms with Gasteiger partial charge in [0, 0.05) is 6.07 Å². The van der Waals surface area contributed by atoms with Gasteiger partial charge in [-0.1, -0.05) is 0 Å². The van der Waals surface area contributed by atoms with Crippen LogP contribution in [0.2, 0.25) is 0 Å². The van der Waals surface area contributed by atoms with Gasteiger partial charge in [0.2, 0.25) is 0 Å². The molecule has 0 aromatic carbocycles. The molecular weight excluding hydrogens is 286 g/mol. The molecule has 0 N–H and O–H groups in total. The molecule has 1 unspecified atom stereocenters. The first kappa shape index (κ1) is 14.1. The van der Waals surface area contributed by atoms with Gasteiger partial charge in [0.15, 0.2) is 0 Å². The summed E-state index contributed by atoms with van der Waals surface area (Å²) in [5.41, 5.74) is -0.745. The second-order valence-electron chi connectivity index (χ2n) is 3.95. The van der Waals surface area contributed by atoms with Crippen LogP contribution in [0.5, 0.6) is 0 Å². The normalized spacial score (nSPS) is 12.3. The van der Waals surface area contributed by atoms with Gasteiger partial charge in [0.25, 0.3) is 11.2 Å². The Hall–Kier alpha value is -2.29. The predicted octanol–water partition coefficient (Wildman–Crippen LogP) is 1.49. The Bertz CT molecular complexity index is 735. The number of carbonyl (C=O) groups is 1. The van der Waals surface area contributed by atoms with Gasteiger partial charge >= 0.3 is 5.97 Å². The molecule has 2 aromatic heterocycles. The Kier molecular flexibility index (Phi) is 3.79. The summed E-state index contributed by atoms with van der Waals surface area (Å²) in [5.74, 6) is -0.532. The second kappa shape index (κ2) is 5.37. The minimum absolute atomic E-state index is 0.125. The smallest absolute Gasteiger partial charge is 0.329 e. The lowest BCUT2D eigenvalue weighted by molar-refractivity contribution is -0.385. The summed E-state index contributed by atoms with van der Waals surface area (Å²) < 4.78 is 6.06. The lowest BCUT2D eigenvalue weighted by Gasteiger charge is -2.09. The average molecular weight is 297 g/mol. The van der Waals surface area contributed by atoms with E-state index in [1.807, 2.05) is 0 Å². The van der Waals surface area contributed by atoms with Crippen molar-refractivity contribution in [3.05, 3.63) is 32.7 Å². The van der Waals surface area contributed by atoms with Crippen LogP contribution < -0.4 is 5.56 Å². The highest BCUT2D eigenvalue weighted by atomic mass is 32.1. The number of nitrogens with zero attached hydrogens (tertiary/aromatic N) is 3. The number of hydrogen-bond donors (Lipinski definition) is 0. The van der Waals surface area contributed by atoms with Gasteiger partial charge in [0.05, 0.1) is 16.9 Å². The molecule has 0 saturated heterocycles. The molecule has 0 spiro atoms. The van der Waals surface area contributed by atoms with Crippen molar-refractivity contribution in [2.75, 3.05) is 6.61 Å². The van der Waals surface area contributed by atoms with E-state index in [1.54, 1.807) is 6.92 Å². The molecule has 0 aliphatic carbocycles. The Morgan fingerprint density at radius 3 is 2.95 bits per heavy atom. The Morgan fingerprint density at radius 1 is 1.65 bits per heavy atom. The summed E-state index contributed by atoms with van der Waals surface area (Å²) in [6, 6.07) is 0.371. The van der Waals surface area contributed by atoms with Gasteiger partial charge in [-0.25, -0.2) is 13.7 Å². The van der Waals surface area contributed by atoms with Crippen LogP contribution in [0.3, 0.4) is 0 Å². The summed E-state index contributed by atoms with van der Waals surface area (Å²) in [6.07, 6.45) is 1.08. The second-order valence-corrected chi connectivity index (χ2v) is 4.92. The van der Waals surface area contributed by atoms with Gasteiger partial charge in [-0.15, -0.1) is 0 Å². The Labute approximate surface area is 116 Å².